The fourth-order valence-corrected chi connectivity index (χ4v) is 4.35. The molecule has 2 aromatic carbocycles. The zero-order valence-electron chi connectivity index (χ0n) is 20.5. The largest absolute Gasteiger partial charge is 0.507 e. The van der Waals surface area contributed by atoms with E-state index >= 15 is 0 Å². The molecule has 2 heterocycles. The van der Waals surface area contributed by atoms with Crippen molar-refractivity contribution < 1.29 is 28.9 Å². The van der Waals surface area contributed by atoms with Gasteiger partial charge in [-0.25, -0.2) is 4.98 Å². The molecule has 1 N–H and O–H groups in total. The molecule has 1 fully saturated rings. The normalized spacial score (nSPS) is 16.9. The van der Waals surface area contributed by atoms with Crippen LogP contribution in [0.15, 0.2) is 66.8 Å². The highest BCUT2D eigenvalue weighted by Crippen LogP contribution is 2.42. The van der Waals surface area contributed by atoms with Gasteiger partial charge in [-0.15, -0.1) is 0 Å². The van der Waals surface area contributed by atoms with Gasteiger partial charge in [-0.3, -0.25) is 9.59 Å². The van der Waals surface area contributed by atoms with Crippen molar-refractivity contribution in [2.75, 3.05) is 27.4 Å². The zero-order valence-corrected chi connectivity index (χ0v) is 20.5. The number of carbonyl (C=O) groups excluding carboxylic acids is 2. The van der Waals surface area contributed by atoms with Crippen molar-refractivity contribution in [3.8, 4) is 17.2 Å². The Bertz CT molecular complexity index is 1270. The number of nitrogens with zero attached hydrogens (tertiary/aromatic N) is 3. The van der Waals surface area contributed by atoms with Gasteiger partial charge in [0.1, 0.15) is 11.5 Å². The van der Waals surface area contributed by atoms with Gasteiger partial charge in [0.05, 0.1) is 38.8 Å². The van der Waals surface area contributed by atoms with E-state index < -0.39 is 17.7 Å². The molecule has 4 rings (SSSR count). The molecule has 0 spiro atoms. The van der Waals surface area contributed by atoms with Gasteiger partial charge < -0.3 is 28.8 Å². The van der Waals surface area contributed by atoms with Crippen molar-refractivity contribution in [3.05, 3.63) is 77.9 Å². The minimum absolute atomic E-state index is 0.0158. The molecule has 0 saturated carbocycles. The molecule has 0 aliphatic carbocycles. The van der Waals surface area contributed by atoms with Crippen LogP contribution in [0.3, 0.4) is 0 Å². The number of aromatic nitrogens is 2. The van der Waals surface area contributed by atoms with E-state index in [2.05, 4.69) is 4.98 Å². The number of rotatable bonds is 10. The number of imidazole rings is 1. The summed E-state index contributed by atoms with van der Waals surface area (Å²) >= 11 is 0. The smallest absolute Gasteiger partial charge is 0.295 e. The fourth-order valence-electron chi connectivity index (χ4n) is 4.35. The van der Waals surface area contributed by atoms with Crippen molar-refractivity contribution >= 4 is 17.4 Å². The molecular formula is C27H29N3O6. The van der Waals surface area contributed by atoms with Gasteiger partial charge in [0.15, 0.2) is 11.5 Å². The van der Waals surface area contributed by atoms with E-state index in [1.54, 1.807) is 55.0 Å². The lowest BCUT2D eigenvalue weighted by Crippen LogP contribution is -2.31. The van der Waals surface area contributed by atoms with Crippen LogP contribution in [0.1, 0.15) is 30.5 Å². The highest BCUT2D eigenvalue weighted by atomic mass is 16.5. The van der Waals surface area contributed by atoms with Crippen LogP contribution in [0.4, 0.5) is 0 Å². The summed E-state index contributed by atoms with van der Waals surface area (Å²) in [4.78, 5) is 32.0. The molecule has 0 bridgehead atoms. The topological polar surface area (TPSA) is 103 Å². The zero-order chi connectivity index (χ0) is 25.7. The van der Waals surface area contributed by atoms with Gasteiger partial charge in [0, 0.05) is 31.0 Å². The van der Waals surface area contributed by atoms with E-state index in [1.165, 1.54) is 19.1 Å². The third-order valence-corrected chi connectivity index (χ3v) is 6.06. The summed E-state index contributed by atoms with van der Waals surface area (Å²) in [5.74, 6) is -0.123. The molecular weight excluding hydrogens is 462 g/mol. The van der Waals surface area contributed by atoms with Crippen LogP contribution >= 0.6 is 0 Å². The second kappa shape index (κ2) is 11.0. The van der Waals surface area contributed by atoms with Crippen LogP contribution in [0.25, 0.3) is 5.76 Å². The Morgan fingerprint density at radius 3 is 2.58 bits per heavy atom. The van der Waals surface area contributed by atoms with Gasteiger partial charge in [0.25, 0.3) is 11.7 Å². The lowest BCUT2D eigenvalue weighted by atomic mass is 9.95. The number of carbonyl (C=O) groups is 2. The van der Waals surface area contributed by atoms with E-state index in [1.807, 2.05) is 17.7 Å². The van der Waals surface area contributed by atoms with Crippen molar-refractivity contribution in [1.82, 2.24) is 14.5 Å². The van der Waals surface area contributed by atoms with Gasteiger partial charge in [0.2, 0.25) is 0 Å². The molecule has 1 aliphatic rings. The van der Waals surface area contributed by atoms with E-state index in [0.717, 1.165) is 0 Å². The molecule has 1 aromatic heterocycles. The maximum Gasteiger partial charge on any atom is 0.295 e. The monoisotopic (exact) mass is 491 g/mol. The average molecular weight is 492 g/mol. The molecule has 1 amide bonds. The Balaban J connectivity index is 1.78. The number of ether oxygens (including phenoxy) is 3. The van der Waals surface area contributed by atoms with Crippen LogP contribution in [-0.4, -0.2) is 58.6 Å². The van der Waals surface area contributed by atoms with E-state index in [4.69, 9.17) is 14.2 Å². The van der Waals surface area contributed by atoms with E-state index in [0.29, 0.717) is 54.5 Å². The number of amides is 1. The molecule has 9 nitrogen and oxygen atoms in total. The second-order valence-electron chi connectivity index (χ2n) is 8.22. The van der Waals surface area contributed by atoms with Gasteiger partial charge >= 0.3 is 0 Å². The number of methoxy groups -OCH3 is 2. The number of hydrogen-bond acceptors (Lipinski definition) is 7. The molecule has 1 unspecified atom stereocenters. The SMILES string of the molecule is CCOc1ccc(C2C(=C(O)c3cccc(OC)c3)C(=O)C(=O)N2CCCn2ccnc2)cc1OC. The predicted octanol–water partition coefficient (Wildman–Crippen LogP) is 3.81. The first kappa shape index (κ1) is 24.8. The maximum absolute atomic E-state index is 13.3. The van der Waals surface area contributed by atoms with Crippen molar-refractivity contribution in [1.29, 1.82) is 0 Å². The molecule has 188 valence electrons. The third kappa shape index (κ3) is 4.91. The Kier molecular flexibility index (Phi) is 7.58. The quantitative estimate of drug-likeness (QED) is 0.261. The van der Waals surface area contributed by atoms with Crippen molar-refractivity contribution in [2.24, 2.45) is 0 Å². The molecule has 36 heavy (non-hydrogen) atoms. The minimum Gasteiger partial charge on any atom is -0.507 e. The Morgan fingerprint density at radius 2 is 1.89 bits per heavy atom. The average Bonchev–Trinajstić information content (AvgIpc) is 3.51. The standard InChI is InChI=1S/C27H29N3O6/c1-4-36-21-10-9-18(16-22(21)35-3)24-23(25(31)19-7-5-8-20(15-19)34-2)26(32)27(33)30(24)13-6-12-29-14-11-28-17-29/h5,7-11,14-17,24,31H,4,6,12-13H2,1-3H3. The number of aliphatic hydroxyl groups excluding tert-OH is 1. The van der Waals surface area contributed by atoms with Crippen LogP contribution < -0.4 is 14.2 Å². The van der Waals surface area contributed by atoms with Gasteiger partial charge in [-0.05, 0) is 43.2 Å². The van der Waals surface area contributed by atoms with Crippen molar-refractivity contribution in [3.63, 3.8) is 0 Å². The number of ketones is 1. The van der Waals surface area contributed by atoms with Gasteiger partial charge in [-0.2, -0.15) is 0 Å². The van der Waals surface area contributed by atoms with Crippen LogP contribution in [-0.2, 0) is 16.1 Å². The number of Topliss-reactive ketones (excluding diaryl/α,β-unsaturated/α-hetero) is 1. The molecule has 1 aliphatic heterocycles. The number of likely N-dealkylation sites (tertiary alicyclic amines) is 1. The molecule has 9 heteroatoms. The summed E-state index contributed by atoms with van der Waals surface area (Å²) in [7, 11) is 3.05. The van der Waals surface area contributed by atoms with Crippen molar-refractivity contribution in [2.45, 2.75) is 25.9 Å². The highest BCUT2D eigenvalue weighted by Gasteiger charge is 2.46. The molecule has 1 saturated heterocycles. The highest BCUT2D eigenvalue weighted by molar-refractivity contribution is 6.46. The first-order chi connectivity index (χ1) is 17.5. The molecule has 1 atom stereocenters. The molecule has 3 aromatic rings. The summed E-state index contributed by atoms with van der Waals surface area (Å²) in [6.07, 6.45) is 5.82. The Labute approximate surface area is 209 Å². The van der Waals surface area contributed by atoms with E-state index in [-0.39, 0.29) is 11.3 Å². The molecule has 0 radical (unpaired) electrons. The summed E-state index contributed by atoms with van der Waals surface area (Å²) < 4.78 is 18.3. The van der Waals surface area contributed by atoms with Crippen LogP contribution in [0.5, 0.6) is 17.2 Å². The third-order valence-electron chi connectivity index (χ3n) is 6.06. The number of aryl methyl sites for hydroxylation is 1. The fraction of sp³-hybridized carbons (Fsp3) is 0.296. The van der Waals surface area contributed by atoms with Crippen LogP contribution in [0, 0.1) is 0 Å². The Hall–Kier alpha value is -4.27. The lowest BCUT2D eigenvalue weighted by Gasteiger charge is -2.26. The summed E-state index contributed by atoms with van der Waals surface area (Å²) in [6, 6.07) is 11.2. The predicted molar refractivity (Wildman–Crippen MR) is 133 cm³/mol. The first-order valence-corrected chi connectivity index (χ1v) is 11.7. The van der Waals surface area contributed by atoms with Gasteiger partial charge in [-0.1, -0.05) is 18.2 Å². The summed E-state index contributed by atoms with van der Waals surface area (Å²) in [6.45, 7) is 3.25. The minimum atomic E-state index is -0.802. The summed E-state index contributed by atoms with van der Waals surface area (Å²) in [5, 5.41) is 11.3. The van der Waals surface area contributed by atoms with Crippen LogP contribution in [0.2, 0.25) is 0 Å². The Morgan fingerprint density at radius 1 is 1.06 bits per heavy atom. The number of aliphatic hydroxyl groups is 1. The maximum atomic E-state index is 13.3. The second-order valence-corrected chi connectivity index (χ2v) is 8.22. The summed E-state index contributed by atoms with van der Waals surface area (Å²) in [5.41, 5.74) is 1.03. The van der Waals surface area contributed by atoms with E-state index in [9.17, 15) is 14.7 Å². The first-order valence-electron chi connectivity index (χ1n) is 11.7. The lowest BCUT2D eigenvalue weighted by molar-refractivity contribution is -0.139. The number of benzene rings is 2. The number of hydrogen-bond donors (Lipinski definition) is 1.